The van der Waals surface area contributed by atoms with E-state index >= 15 is 0 Å². The van der Waals surface area contributed by atoms with Gasteiger partial charge >= 0.3 is 0 Å². The average Bonchev–Trinajstić information content (AvgIpc) is 2.62. The molecule has 0 aromatic heterocycles. The van der Waals surface area contributed by atoms with Crippen molar-refractivity contribution in [3.8, 4) is 5.75 Å². The summed E-state index contributed by atoms with van der Waals surface area (Å²) in [5.41, 5.74) is 4.62. The number of rotatable bonds is 5. The molecule has 0 saturated carbocycles. The zero-order valence-corrected chi connectivity index (χ0v) is 15.2. The molecule has 1 heterocycles. The minimum Gasteiger partial charge on any atom is -0.497 e. The van der Waals surface area contributed by atoms with Gasteiger partial charge in [-0.25, -0.2) is 0 Å². The molecule has 0 radical (unpaired) electrons. The minimum atomic E-state index is -0.572. The number of nitrogens with zero attached hydrogens (tertiary/aromatic N) is 1. The number of ether oxygens (including phenoxy) is 1. The lowest BCUT2D eigenvalue weighted by molar-refractivity contribution is 0.302. The molecular formula is C21H25N3O. The third-order valence-corrected chi connectivity index (χ3v) is 4.41. The van der Waals surface area contributed by atoms with Crippen molar-refractivity contribution in [1.82, 2.24) is 10.6 Å². The predicted octanol–water partition coefficient (Wildman–Crippen LogP) is 4.04. The number of aryl methyl sites for hydroxylation is 1. The van der Waals surface area contributed by atoms with E-state index in [1.54, 1.807) is 7.11 Å². The molecule has 1 unspecified atom stereocenters. The van der Waals surface area contributed by atoms with Gasteiger partial charge in [0.05, 0.1) is 7.11 Å². The molecule has 130 valence electrons. The Labute approximate surface area is 149 Å². The summed E-state index contributed by atoms with van der Waals surface area (Å²) in [5, 5.41) is 7.08. The van der Waals surface area contributed by atoms with Gasteiger partial charge in [0.2, 0.25) is 0 Å². The molecule has 0 spiro atoms. The fraction of sp³-hybridized carbons (Fsp3) is 0.286. The highest BCUT2D eigenvalue weighted by molar-refractivity contribution is 5.86. The van der Waals surface area contributed by atoms with E-state index in [1.165, 1.54) is 5.56 Å². The number of nitrogens with one attached hydrogen (secondary N) is 2. The van der Waals surface area contributed by atoms with Crippen LogP contribution in [0.25, 0.3) is 5.70 Å². The maximum Gasteiger partial charge on any atom is 0.182 e. The summed E-state index contributed by atoms with van der Waals surface area (Å²) in [6.45, 7) is 6.26. The Morgan fingerprint density at radius 1 is 1.16 bits per heavy atom. The zero-order chi connectivity index (χ0) is 17.9. The van der Waals surface area contributed by atoms with Crippen LogP contribution >= 0.6 is 0 Å². The Morgan fingerprint density at radius 3 is 2.64 bits per heavy atom. The van der Waals surface area contributed by atoms with Gasteiger partial charge in [0.25, 0.3) is 0 Å². The molecule has 2 N–H and O–H groups in total. The fourth-order valence-electron chi connectivity index (χ4n) is 2.99. The van der Waals surface area contributed by atoms with Crippen LogP contribution in [0.15, 0.2) is 59.6 Å². The van der Waals surface area contributed by atoms with E-state index in [-0.39, 0.29) is 6.04 Å². The van der Waals surface area contributed by atoms with E-state index in [2.05, 4.69) is 59.8 Å². The first-order valence-corrected chi connectivity index (χ1v) is 8.51. The quantitative estimate of drug-likeness (QED) is 0.867. The molecule has 0 bridgehead atoms. The first-order chi connectivity index (χ1) is 12.0. The van der Waals surface area contributed by atoms with E-state index < -0.39 is 5.79 Å². The minimum absolute atomic E-state index is 0.113. The van der Waals surface area contributed by atoms with Crippen molar-refractivity contribution in [1.29, 1.82) is 0 Å². The monoisotopic (exact) mass is 335 g/mol. The lowest BCUT2D eigenvalue weighted by Crippen LogP contribution is -2.54. The average molecular weight is 335 g/mol. The maximum absolute atomic E-state index is 5.32. The van der Waals surface area contributed by atoms with Gasteiger partial charge in [0.15, 0.2) is 5.79 Å². The van der Waals surface area contributed by atoms with E-state index in [4.69, 9.17) is 4.74 Å². The van der Waals surface area contributed by atoms with Crippen molar-refractivity contribution >= 4 is 11.9 Å². The van der Waals surface area contributed by atoms with Crippen LogP contribution in [0, 0.1) is 6.92 Å². The van der Waals surface area contributed by atoms with Crippen LogP contribution in [0.3, 0.4) is 0 Å². The van der Waals surface area contributed by atoms with Gasteiger partial charge in [-0.1, -0.05) is 42.0 Å². The summed E-state index contributed by atoms with van der Waals surface area (Å²) in [5.74, 6) is 0.286. The van der Waals surface area contributed by atoms with Crippen LogP contribution in [0.5, 0.6) is 5.75 Å². The molecule has 2 aromatic rings. The largest absolute Gasteiger partial charge is 0.497 e. The van der Waals surface area contributed by atoms with E-state index in [1.807, 2.05) is 37.4 Å². The molecule has 1 aliphatic rings. The number of allylic oxidation sites excluding steroid dienone is 1. The van der Waals surface area contributed by atoms with Crippen LogP contribution in [0.4, 0.5) is 0 Å². The second-order valence-electron chi connectivity index (χ2n) is 6.56. The number of benzene rings is 2. The Hall–Kier alpha value is -2.59. The lowest BCUT2D eigenvalue weighted by Gasteiger charge is -2.35. The van der Waals surface area contributed by atoms with Gasteiger partial charge in [0, 0.05) is 18.0 Å². The van der Waals surface area contributed by atoms with Crippen molar-refractivity contribution in [2.45, 2.75) is 32.6 Å². The maximum atomic E-state index is 5.32. The lowest BCUT2D eigenvalue weighted by atomic mass is 10.1. The predicted molar refractivity (Wildman–Crippen MR) is 104 cm³/mol. The SMILES string of the molecule is COc1cccc([C@H](C)NC2(C)N=CC=C(c3ccc(C)cc3)N2)c1. The van der Waals surface area contributed by atoms with Crippen LogP contribution in [-0.2, 0) is 0 Å². The van der Waals surface area contributed by atoms with Crippen molar-refractivity contribution < 1.29 is 4.74 Å². The highest BCUT2D eigenvalue weighted by Crippen LogP contribution is 2.24. The number of aliphatic imine (C=N–C) groups is 1. The van der Waals surface area contributed by atoms with Gasteiger partial charge in [-0.3, -0.25) is 10.3 Å². The molecule has 3 rings (SSSR count). The molecule has 2 aromatic carbocycles. The second-order valence-corrected chi connectivity index (χ2v) is 6.56. The molecule has 0 saturated heterocycles. The number of hydrogen-bond acceptors (Lipinski definition) is 4. The number of hydrogen-bond donors (Lipinski definition) is 2. The van der Waals surface area contributed by atoms with Crippen molar-refractivity contribution in [3.05, 3.63) is 71.3 Å². The first kappa shape index (κ1) is 17.2. The smallest absolute Gasteiger partial charge is 0.182 e. The number of methoxy groups -OCH3 is 1. The van der Waals surface area contributed by atoms with E-state index in [0.29, 0.717) is 0 Å². The van der Waals surface area contributed by atoms with Crippen LogP contribution in [0.2, 0.25) is 0 Å². The zero-order valence-electron chi connectivity index (χ0n) is 15.2. The molecule has 25 heavy (non-hydrogen) atoms. The topological polar surface area (TPSA) is 45.6 Å². The summed E-state index contributed by atoms with van der Waals surface area (Å²) in [6.07, 6.45) is 3.86. The molecule has 2 atom stereocenters. The fourth-order valence-corrected chi connectivity index (χ4v) is 2.99. The van der Waals surface area contributed by atoms with Crippen molar-refractivity contribution in [2.24, 2.45) is 4.99 Å². The van der Waals surface area contributed by atoms with Crippen LogP contribution in [0.1, 0.15) is 36.6 Å². The summed E-state index contributed by atoms with van der Waals surface area (Å²) < 4.78 is 5.32. The molecule has 0 amide bonds. The first-order valence-electron chi connectivity index (χ1n) is 8.51. The van der Waals surface area contributed by atoms with Gasteiger partial charge in [-0.05, 0) is 50.1 Å². The summed E-state index contributed by atoms with van der Waals surface area (Å²) in [4.78, 5) is 4.61. The Balaban J connectivity index is 1.75. The highest BCUT2D eigenvalue weighted by Gasteiger charge is 2.27. The van der Waals surface area contributed by atoms with Gasteiger partial charge in [-0.2, -0.15) is 0 Å². The Bertz CT molecular complexity index is 795. The normalized spacial score (nSPS) is 20.6. The molecule has 4 nitrogen and oxygen atoms in total. The molecular weight excluding hydrogens is 310 g/mol. The van der Waals surface area contributed by atoms with E-state index in [9.17, 15) is 0 Å². The third kappa shape index (κ3) is 4.09. The summed E-state index contributed by atoms with van der Waals surface area (Å²) in [7, 11) is 1.68. The van der Waals surface area contributed by atoms with Crippen molar-refractivity contribution in [2.75, 3.05) is 7.11 Å². The van der Waals surface area contributed by atoms with Crippen LogP contribution in [-0.4, -0.2) is 19.1 Å². The second kappa shape index (κ2) is 7.11. The van der Waals surface area contributed by atoms with Crippen molar-refractivity contribution in [3.63, 3.8) is 0 Å². The van der Waals surface area contributed by atoms with Gasteiger partial charge in [-0.15, -0.1) is 0 Å². The van der Waals surface area contributed by atoms with Gasteiger partial charge in [0.1, 0.15) is 5.75 Å². The third-order valence-electron chi connectivity index (χ3n) is 4.41. The molecule has 0 fully saturated rings. The molecule has 0 aliphatic carbocycles. The van der Waals surface area contributed by atoms with E-state index in [0.717, 1.165) is 22.6 Å². The van der Waals surface area contributed by atoms with Crippen LogP contribution < -0.4 is 15.4 Å². The Kier molecular flexibility index (Phi) is 4.91. The molecule has 4 heteroatoms. The molecule has 1 aliphatic heterocycles. The van der Waals surface area contributed by atoms with Gasteiger partial charge < -0.3 is 10.1 Å². The standard InChI is InChI=1S/C21H25N3O/c1-15-8-10-17(11-9-15)20-12-13-22-21(3,24-20)23-16(2)18-6-5-7-19(14-18)25-4/h5-14,16,23-24H,1-4H3/t16-,21?/m0/s1. The summed E-state index contributed by atoms with van der Waals surface area (Å²) >= 11 is 0. The summed E-state index contributed by atoms with van der Waals surface area (Å²) in [6, 6.07) is 16.7. The Morgan fingerprint density at radius 2 is 1.92 bits per heavy atom. The highest BCUT2D eigenvalue weighted by atomic mass is 16.5.